The smallest absolute Gasteiger partial charge is 0.328 e. The zero-order valence-corrected chi connectivity index (χ0v) is 14.1. The molecule has 0 atom stereocenters. The van der Waals surface area contributed by atoms with Gasteiger partial charge in [0.05, 0.1) is 23.7 Å². The lowest BCUT2D eigenvalue weighted by atomic mass is 10.1. The standard InChI is InChI=1S/C18H19N3O3/c1-11-9-14-15(21(3)18(23)20(14)2)10-13(11)19-17(22)12-7-5-6-8-16(12)24-4/h5-10H,1-4H3,(H,19,22). The fourth-order valence-corrected chi connectivity index (χ4v) is 2.81. The molecule has 0 aliphatic heterocycles. The first-order valence-corrected chi connectivity index (χ1v) is 7.54. The lowest BCUT2D eigenvalue weighted by molar-refractivity contribution is 0.102. The third-order valence-corrected chi connectivity index (χ3v) is 4.22. The number of para-hydroxylation sites is 1. The van der Waals surface area contributed by atoms with Gasteiger partial charge < -0.3 is 10.1 Å². The number of amides is 1. The molecule has 6 heteroatoms. The molecule has 124 valence electrons. The molecule has 1 aromatic heterocycles. The zero-order valence-electron chi connectivity index (χ0n) is 14.1. The van der Waals surface area contributed by atoms with Gasteiger partial charge in [-0.2, -0.15) is 0 Å². The summed E-state index contributed by atoms with van der Waals surface area (Å²) in [6.45, 7) is 1.90. The Bertz CT molecular complexity index is 999. The molecule has 6 nitrogen and oxygen atoms in total. The number of carbonyl (C=O) groups excluding carboxylic acids is 1. The first-order chi connectivity index (χ1) is 11.4. The summed E-state index contributed by atoms with van der Waals surface area (Å²) in [6, 6.07) is 10.8. The maximum atomic E-state index is 12.6. The molecule has 3 rings (SSSR count). The zero-order chi connectivity index (χ0) is 17.4. The molecule has 1 amide bonds. The van der Waals surface area contributed by atoms with Gasteiger partial charge in [-0.15, -0.1) is 0 Å². The van der Waals surface area contributed by atoms with Crippen molar-refractivity contribution in [3.63, 3.8) is 0 Å². The maximum absolute atomic E-state index is 12.6. The van der Waals surface area contributed by atoms with Crippen molar-refractivity contribution in [1.29, 1.82) is 0 Å². The van der Waals surface area contributed by atoms with E-state index in [9.17, 15) is 9.59 Å². The molecule has 0 unspecified atom stereocenters. The molecule has 1 N–H and O–H groups in total. The second kappa shape index (κ2) is 5.88. The summed E-state index contributed by atoms with van der Waals surface area (Å²) in [5.74, 6) is 0.261. The van der Waals surface area contributed by atoms with Crippen LogP contribution < -0.4 is 15.7 Å². The number of anilines is 1. The number of nitrogens with one attached hydrogen (secondary N) is 1. The molecule has 0 saturated heterocycles. The van der Waals surface area contributed by atoms with Gasteiger partial charge in [0.1, 0.15) is 5.75 Å². The molecular formula is C18H19N3O3. The second-order valence-corrected chi connectivity index (χ2v) is 5.71. The summed E-state index contributed by atoms with van der Waals surface area (Å²) in [7, 11) is 4.98. The van der Waals surface area contributed by atoms with Crippen LogP contribution in [0.3, 0.4) is 0 Å². The van der Waals surface area contributed by atoms with Crippen molar-refractivity contribution < 1.29 is 9.53 Å². The molecule has 2 aromatic carbocycles. The molecule has 0 aliphatic rings. The van der Waals surface area contributed by atoms with Gasteiger partial charge in [0.25, 0.3) is 5.91 Å². The molecule has 24 heavy (non-hydrogen) atoms. The highest BCUT2D eigenvalue weighted by Gasteiger charge is 2.15. The number of carbonyl (C=O) groups is 1. The molecule has 0 saturated carbocycles. The average Bonchev–Trinajstić information content (AvgIpc) is 2.79. The van der Waals surface area contributed by atoms with Crippen LogP contribution >= 0.6 is 0 Å². The number of aryl methyl sites for hydroxylation is 3. The lowest BCUT2D eigenvalue weighted by Crippen LogP contribution is -2.19. The van der Waals surface area contributed by atoms with E-state index in [1.807, 2.05) is 25.1 Å². The molecule has 0 radical (unpaired) electrons. The molecule has 1 heterocycles. The molecule has 3 aromatic rings. The van der Waals surface area contributed by atoms with Crippen LogP contribution in [-0.2, 0) is 14.1 Å². The fraction of sp³-hybridized carbons (Fsp3) is 0.222. The van der Waals surface area contributed by atoms with Gasteiger partial charge in [0, 0.05) is 19.8 Å². The number of nitrogens with zero attached hydrogens (tertiary/aromatic N) is 2. The highest BCUT2D eigenvalue weighted by molar-refractivity contribution is 6.07. The van der Waals surface area contributed by atoms with Crippen LogP contribution in [0, 0.1) is 6.92 Å². The summed E-state index contributed by atoms with van der Waals surface area (Å²) in [5.41, 5.74) is 3.50. The number of hydrogen-bond donors (Lipinski definition) is 1. The number of hydrogen-bond acceptors (Lipinski definition) is 3. The van der Waals surface area contributed by atoms with E-state index in [-0.39, 0.29) is 11.6 Å². The van der Waals surface area contributed by atoms with Crippen LogP contribution in [0.15, 0.2) is 41.2 Å². The summed E-state index contributed by atoms with van der Waals surface area (Å²) in [4.78, 5) is 24.6. The summed E-state index contributed by atoms with van der Waals surface area (Å²) in [5, 5.41) is 2.91. The Hall–Kier alpha value is -3.02. The Balaban J connectivity index is 2.04. The molecule has 0 bridgehead atoms. The van der Waals surface area contributed by atoms with Crippen molar-refractivity contribution in [3.05, 3.63) is 58.0 Å². The predicted molar refractivity (Wildman–Crippen MR) is 93.8 cm³/mol. The highest BCUT2D eigenvalue weighted by Crippen LogP contribution is 2.24. The first-order valence-electron chi connectivity index (χ1n) is 7.54. The Labute approximate surface area is 139 Å². The van der Waals surface area contributed by atoms with Crippen molar-refractivity contribution in [2.45, 2.75) is 6.92 Å². The number of fused-ring (bicyclic) bond motifs is 1. The van der Waals surface area contributed by atoms with Gasteiger partial charge in [-0.3, -0.25) is 13.9 Å². The minimum Gasteiger partial charge on any atom is -0.496 e. The van der Waals surface area contributed by atoms with E-state index in [4.69, 9.17) is 4.74 Å². The van der Waals surface area contributed by atoms with Crippen molar-refractivity contribution in [2.24, 2.45) is 14.1 Å². The highest BCUT2D eigenvalue weighted by atomic mass is 16.5. The third-order valence-electron chi connectivity index (χ3n) is 4.22. The van der Waals surface area contributed by atoms with E-state index >= 15 is 0 Å². The van der Waals surface area contributed by atoms with E-state index in [0.29, 0.717) is 17.0 Å². The van der Waals surface area contributed by atoms with E-state index in [1.54, 1.807) is 41.4 Å². The van der Waals surface area contributed by atoms with Gasteiger partial charge in [0.2, 0.25) is 0 Å². The largest absolute Gasteiger partial charge is 0.496 e. The van der Waals surface area contributed by atoms with Crippen LogP contribution in [0.25, 0.3) is 11.0 Å². The average molecular weight is 325 g/mol. The quantitative estimate of drug-likeness (QED) is 0.804. The maximum Gasteiger partial charge on any atom is 0.328 e. The summed E-state index contributed by atoms with van der Waals surface area (Å²) < 4.78 is 8.39. The van der Waals surface area contributed by atoms with Crippen LogP contribution in [0.4, 0.5) is 5.69 Å². The van der Waals surface area contributed by atoms with Gasteiger partial charge in [-0.25, -0.2) is 4.79 Å². The summed E-state index contributed by atoms with van der Waals surface area (Å²) >= 11 is 0. The van der Waals surface area contributed by atoms with E-state index in [2.05, 4.69) is 5.32 Å². The fourth-order valence-electron chi connectivity index (χ4n) is 2.81. The third kappa shape index (κ3) is 2.46. The topological polar surface area (TPSA) is 65.3 Å². The molecular weight excluding hydrogens is 306 g/mol. The van der Waals surface area contributed by atoms with Crippen molar-refractivity contribution in [1.82, 2.24) is 9.13 Å². The van der Waals surface area contributed by atoms with Crippen LogP contribution in [0.1, 0.15) is 15.9 Å². The van der Waals surface area contributed by atoms with E-state index < -0.39 is 0 Å². The van der Waals surface area contributed by atoms with Crippen LogP contribution in [0.2, 0.25) is 0 Å². The van der Waals surface area contributed by atoms with Crippen molar-refractivity contribution in [2.75, 3.05) is 12.4 Å². The number of ether oxygens (including phenoxy) is 1. The van der Waals surface area contributed by atoms with Gasteiger partial charge in [0.15, 0.2) is 0 Å². The number of benzene rings is 2. The summed E-state index contributed by atoms with van der Waals surface area (Å²) in [6.07, 6.45) is 0. The minimum absolute atomic E-state index is 0.0994. The Morgan fingerprint density at radius 1 is 1.08 bits per heavy atom. The predicted octanol–water partition coefficient (Wildman–Crippen LogP) is 2.45. The van der Waals surface area contributed by atoms with Crippen molar-refractivity contribution in [3.8, 4) is 5.75 Å². The van der Waals surface area contributed by atoms with Gasteiger partial charge >= 0.3 is 5.69 Å². The Morgan fingerprint density at radius 3 is 2.38 bits per heavy atom. The SMILES string of the molecule is COc1ccccc1C(=O)Nc1cc2c(cc1C)n(C)c(=O)n2C. The van der Waals surface area contributed by atoms with Crippen LogP contribution in [0.5, 0.6) is 5.75 Å². The Kier molecular flexibility index (Phi) is 3.89. The van der Waals surface area contributed by atoms with Crippen LogP contribution in [-0.4, -0.2) is 22.2 Å². The number of rotatable bonds is 3. The van der Waals surface area contributed by atoms with Gasteiger partial charge in [-0.05, 0) is 36.8 Å². The van der Waals surface area contributed by atoms with E-state index in [0.717, 1.165) is 16.6 Å². The normalized spacial score (nSPS) is 10.8. The first kappa shape index (κ1) is 15.9. The number of methoxy groups -OCH3 is 1. The van der Waals surface area contributed by atoms with Gasteiger partial charge in [-0.1, -0.05) is 12.1 Å². The minimum atomic E-state index is -0.254. The lowest BCUT2D eigenvalue weighted by Gasteiger charge is -2.11. The molecule has 0 aliphatic carbocycles. The molecule has 0 spiro atoms. The number of aromatic nitrogens is 2. The van der Waals surface area contributed by atoms with Crippen molar-refractivity contribution >= 4 is 22.6 Å². The Morgan fingerprint density at radius 2 is 1.71 bits per heavy atom. The monoisotopic (exact) mass is 325 g/mol. The number of imidazole rings is 1. The van der Waals surface area contributed by atoms with E-state index in [1.165, 1.54) is 7.11 Å². The second-order valence-electron chi connectivity index (χ2n) is 5.71. The molecule has 0 fully saturated rings.